The number of fused-ring (bicyclic) bond motifs is 2. The third kappa shape index (κ3) is 7.23. The Morgan fingerprint density at radius 2 is 1.76 bits per heavy atom. The second-order valence-electron chi connectivity index (χ2n) is 13.9. The fourth-order valence-electron chi connectivity index (χ4n) is 7.93. The van der Waals surface area contributed by atoms with Crippen molar-refractivity contribution >= 4 is 33.2 Å². The molecule has 0 radical (unpaired) electrons. The Hall–Kier alpha value is -2.33. The van der Waals surface area contributed by atoms with E-state index in [2.05, 4.69) is 28.7 Å². The molecule has 46 heavy (non-hydrogen) atoms. The number of anilines is 1. The highest BCUT2D eigenvalue weighted by Crippen LogP contribution is 2.47. The maximum Gasteiger partial charge on any atom is 0.264 e. The zero-order valence-electron chi connectivity index (χ0n) is 27.4. The maximum atomic E-state index is 13.4. The van der Waals surface area contributed by atoms with E-state index in [-0.39, 0.29) is 24.0 Å². The van der Waals surface area contributed by atoms with Crippen LogP contribution in [0.25, 0.3) is 0 Å². The Labute approximate surface area is 279 Å². The first-order valence-electron chi connectivity index (χ1n) is 17.2. The summed E-state index contributed by atoms with van der Waals surface area (Å²) in [6, 6.07) is 11.5. The summed E-state index contributed by atoms with van der Waals surface area (Å²) in [7, 11) is -3.88. The molecule has 1 aliphatic carbocycles. The van der Waals surface area contributed by atoms with E-state index in [0.29, 0.717) is 49.5 Å². The van der Waals surface area contributed by atoms with Crippen molar-refractivity contribution in [1.29, 1.82) is 0 Å². The second kappa shape index (κ2) is 14.4. The molecule has 3 aliphatic heterocycles. The van der Waals surface area contributed by atoms with Crippen molar-refractivity contribution < 1.29 is 27.4 Å². The zero-order valence-corrected chi connectivity index (χ0v) is 29.0. The molecule has 252 valence electrons. The molecule has 4 aliphatic rings. The minimum absolute atomic E-state index is 0.0936. The maximum absolute atomic E-state index is 13.4. The number of sulfonamides is 1. The molecule has 10 heteroatoms. The highest BCUT2D eigenvalue weighted by Gasteiger charge is 2.43. The van der Waals surface area contributed by atoms with Crippen LogP contribution in [0.3, 0.4) is 0 Å². The molecule has 2 aromatic rings. The first kappa shape index (κ1) is 33.6. The fourth-order valence-corrected chi connectivity index (χ4v) is 9.43. The van der Waals surface area contributed by atoms with Crippen LogP contribution >= 0.6 is 11.6 Å². The van der Waals surface area contributed by atoms with E-state index in [0.717, 1.165) is 68.6 Å². The smallest absolute Gasteiger partial charge is 0.264 e. The van der Waals surface area contributed by atoms with E-state index in [9.17, 15) is 13.2 Å². The van der Waals surface area contributed by atoms with E-state index in [1.807, 2.05) is 25.1 Å². The molecule has 6 rings (SSSR count). The molecule has 0 aromatic heterocycles. The number of carbonyl (C=O) groups excluding carboxylic acids is 1. The number of hydrogen-bond acceptors (Lipinski definition) is 7. The highest BCUT2D eigenvalue weighted by molar-refractivity contribution is 7.90. The van der Waals surface area contributed by atoms with Crippen LogP contribution in [-0.2, 0) is 25.9 Å². The van der Waals surface area contributed by atoms with Gasteiger partial charge in [-0.25, -0.2) is 13.1 Å². The van der Waals surface area contributed by atoms with Crippen LogP contribution in [0.4, 0.5) is 5.69 Å². The van der Waals surface area contributed by atoms with Crippen LogP contribution < -0.4 is 14.4 Å². The molecule has 0 unspecified atom stereocenters. The van der Waals surface area contributed by atoms with Gasteiger partial charge in [-0.15, -0.1) is 0 Å². The van der Waals surface area contributed by atoms with Gasteiger partial charge in [-0.05, 0) is 105 Å². The van der Waals surface area contributed by atoms with Crippen LogP contribution in [0.5, 0.6) is 5.75 Å². The first-order chi connectivity index (χ1) is 22.1. The Morgan fingerprint density at radius 3 is 2.50 bits per heavy atom. The van der Waals surface area contributed by atoms with Gasteiger partial charge in [0.15, 0.2) is 6.29 Å². The Bertz CT molecular complexity index is 1500. The van der Waals surface area contributed by atoms with Gasteiger partial charge in [0.25, 0.3) is 5.91 Å². The van der Waals surface area contributed by atoms with Gasteiger partial charge in [-0.1, -0.05) is 44.4 Å². The quantitative estimate of drug-likeness (QED) is 0.376. The van der Waals surface area contributed by atoms with Gasteiger partial charge >= 0.3 is 0 Å². The lowest BCUT2D eigenvalue weighted by molar-refractivity contribution is -0.224. The van der Waals surface area contributed by atoms with Crippen molar-refractivity contribution in [3.8, 4) is 5.75 Å². The van der Waals surface area contributed by atoms with E-state index >= 15 is 0 Å². The zero-order chi connectivity index (χ0) is 32.4. The van der Waals surface area contributed by atoms with Gasteiger partial charge in [-0.3, -0.25) is 4.79 Å². The second-order valence-corrected chi connectivity index (χ2v) is 16.4. The number of carbonyl (C=O) groups is 1. The molecule has 2 fully saturated rings. The van der Waals surface area contributed by atoms with Gasteiger partial charge in [0.05, 0.1) is 30.8 Å². The predicted octanol–water partition coefficient (Wildman–Crippen LogP) is 6.95. The number of benzene rings is 2. The van der Waals surface area contributed by atoms with Crippen LogP contribution in [0.2, 0.25) is 5.02 Å². The molecule has 1 N–H and O–H groups in total. The predicted molar refractivity (Wildman–Crippen MR) is 181 cm³/mol. The van der Waals surface area contributed by atoms with E-state index in [1.165, 1.54) is 11.1 Å². The minimum Gasteiger partial charge on any atom is -0.491 e. The third-order valence-corrected chi connectivity index (χ3v) is 13.1. The summed E-state index contributed by atoms with van der Waals surface area (Å²) in [5.41, 5.74) is 3.63. The molecular formula is C36H49ClN2O6S. The van der Waals surface area contributed by atoms with Gasteiger partial charge < -0.3 is 19.1 Å². The number of rotatable bonds is 4. The molecule has 3 heterocycles. The first-order valence-corrected chi connectivity index (χ1v) is 19.2. The largest absolute Gasteiger partial charge is 0.491 e. The molecule has 1 saturated carbocycles. The third-order valence-electron chi connectivity index (χ3n) is 10.9. The van der Waals surface area contributed by atoms with Crippen molar-refractivity contribution in [3.05, 3.63) is 58.1 Å². The van der Waals surface area contributed by atoms with Crippen molar-refractivity contribution in [1.82, 2.24) is 4.72 Å². The van der Waals surface area contributed by atoms with Crippen LogP contribution in [-0.4, -0.2) is 58.8 Å². The van der Waals surface area contributed by atoms with E-state index in [4.69, 9.17) is 25.8 Å². The average Bonchev–Trinajstić information content (AvgIpc) is 3.21. The molecule has 8 nitrogen and oxygen atoms in total. The molecule has 6 atom stereocenters. The van der Waals surface area contributed by atoms with Crippen LogP contribution in [0.1, 0.15) is 93.1 Å². The van der Waals surface area contributed by atoms with Crippen LogP contribution in [0, 0.1) is 23.7 Å². The summed E-state index contributed by atoms with van der Waals surface area (Å²) in [5.74, 6) is 1.22. The van der Waals surface area contributed by atoms with E-state index < -0.39 is 21.2 Å². The van der Waals surface area contributed by atoms with Crippen molar-refractivity contribution in [3.63, 3.8) is 0 Å². The van der Waals surface area contributed by atoms with Gasteiger partial charge in [0.2, 0.25) is 10.0 Å². The molecule has 1 saturated heterocycles. The lowest BCUT2D eigenvalue weighted by Crippen LogP contribution is -2.47. The number of ether oxygens (including phenoxy) is 3. The molecule has 1 amide bonds. The molecule has 2 bridgehead atoms. The van der Waals surface area contributed by atoms with Gasteiger partial charge in [-0.2, -0.15) is 0 Å². The summed E-state index contributed by atoms with van der Waals surface area (Å²) in [4.78, 5) is 15.8. The summed E-state index contributed by atoms with van der Waals surface area (Å²) < 4.78 is 48.0. The average molecular weight is 673 g/mol. The normalized spacial score (nSPS) is 30.7. The summed E-state index contributed by atoms with van der Waals surface area (Å²) >= 11 is 6.44. The lowest BCUT2D eigenvalue weighted by atomic mass is 9.65. The standard InChI is InChI=1S/C36H49ClN2O6S/c1-4-7-25-18-29(37)12-14-30(25)28-21-39-20-27-10-13-31(27)32(36-43-16-6-17-44-36)9-5-8-23(2)24(3)46(41,42)38-35(40)26-11-15-34(45-22-28)33(39)19-26/h11-12,14-15,18-19,23-24,27-28,31-32,36H,4-10,13,16-17,20-22H2,1-3H3,(H,38,40)/t23-,24+,27-,28-,31+,32-/m0/s1. The molecular weight excluding hydrogens is 624 g/mol. The van der Waals surface area contributed by atoms with Crippen molar-refractivity contribution in [2.75, 3.05) is 37.8 Å². The monoisotopic (exact) mass is 672 g/mol. The number of aryl methyl sites for hydroxylation is 1. The Morgan fingerprint density at radius 1 is 0.957 bits per heavy atom. The number of halogens is 1. The van der Waals surface area contributed by atoms with E-state index in [1.54, 1.807) is 13.0 Å². The summed E-state index contributed by atoms with van der Waals surface area (Å²) in [5, 5.41) is 0.0272. The number of amides is 1. The number of nitrogens with zero attached hydrogens (tertiary/aromatic N) is 1. The van der Waals surface area contributed by atoms with Crippen molar-refractivity contribution in [2.45, 2.75) is 89.6 Å². The molecule has 0 spiro atoms. The van der Waals surface area contributed by atoms with Gasteiger partial charge in [0.1, 0.15) is 5.75 Å². The SMILES string of the molecule is CCCc1cc(Cl)ccc1[C@@H]1COc2ccc3cc2N(C1)C[C@@H]1CC[C@H]1[C@@H](C1OCCCO1)CCC[C@H](C)[C@@H](C)S(=O)(=O)NC3=O. The van der Waals surface area contributed by atoms with Crippen LogP contribution in [0.15, 0.2) is 36.4 Å². The molecule has 2 aromatic carbocycles. The Kier molecular flexibility index (Phi) is 10.5. The fraction of sp³-hybridized carbons (Fsp3) is 0.639. The topological polar surface area (TPSA) is 94.2 Å². The van der Waals surface area contributed by atoms with Gasteiger partial charge in [0, 0.05) is 35.5 Å². The van der Waals surface area contributed by atoms with Crippen molar-refractivity contribution in [2.24, 2.45) is 23.7 Å². The number of nitrogens with one attached hydrogen (secondary N) is 1. The highest BCUT2D eigenvalue weighted by atomic mass is 35.5. The Balaban J connectivity index is 1.38. The summed E-state index contributed by atoms with van der Waals surface area (Å²) in [6.07, 6.45) is 7.44. The lowest BCUT2D eigenvalue weighted by Gasteiger charge is -2.47. The minimum atomic E-state index is -3.88. The summed E-state index contributed by atoms with van der Waals surface area (Å²) in [6.45, 7) is 9.30. The number of hydrogen-bond donors (Lipinski definition) is 1.